The quantitative estimate of drug-likeness (QED) is 0.654. The van der Waals surface area contributed by atoms with E-state index < -0.39 is 0 Å². The Morgan fingerprint density at radius 1 is 1.11 bits per heavy atom. The van der Waals surface area contributed by atoms with Crippen molar-refractivity contribution in [2.24, 2.45) is 0 Å². The van der Waals surface area contributed by atoms with Crippen LogP contribution in [-0.4, -0.2) is 55.8 Å². The number of carbonyl (C=O) groups is 1. The van der Waals surface area contributed by atoms with E-state index in [9.17, 15) is 4.79 Å². The van der Waals surface area contributed by atoms with Crippen LogP contribution in [0.2, 0.25) is 0 Å². The first-order chi connectivity index (χ1) is 13.1. The highest BCUT2D eigenvalue weighted by Gasteiger charge is 2.17. The van der Waals surface area contributed by atoms with Gasteiger partial charge in [-0.3, -0.25) is 9.69 Å². The molecule has 3 rings (SSSR count). The number of nitrogens with zero attached hydrogens (tertiary/aromatic N) is 2. The molecule has 2 aromatic rings. The summed E-state index contributed by atoms with van der Waals surface area (Å²) >= 11 is 4.99. The summed E-state index contributed by atoms with van der Waals surface area (Å²) in [5.74, 6) is 0.560. The van der Waals surface area contributed by atoms with Crippen LogP contribution in [0.4, 0.5) is 5.69 Å². The fourth-order valence-electron chi connectivity index (χ4n) is 3.14. The number of halogens is 1. The van der Waals surface area contributed by atoms with E-state index in [4.69, 9.17) is 0 Å². The Labute approximate surface area is 174 Å². The van der Waals surface area contributed by atoms with Crippen LogP contribution in [0.25, 0.3) is 0 Å². The van der Waals surface area contributed by atoms with Gasteiger partial charge in [-0.2, -0.15) is 0 Å². The highest BCUT2D eigenvalue weighted by Crippen LogP contribution is 2.20. The molecule has 1 amide bonds. The van der Waals surface area contributed by atoms with E-state index in [0.717, 1.165) is 42.1 Å². The average molecular weight is 448 g/mol. The summed E-state index contributed by atoms with van der Waals surface area (Å²) < 4.78 is 1.05. The monoisotopic (exact) mass is 447 g/mol. The first-order valence-electron chi connectivity index (χ1n) is 9.29. The van der Waals surface area contributed by atoms with Crippen LogP contribution in [-0.2, 0) is 4.79 Å². The fourth-order valence-corrected chi connectivity index (χ4v) is 4.13. The van der Waals surface area contributed by atoms with E-state index in [0.29, 0.717) is 12.3 Å². The summed E-state index contributed by atoms with van der Waals surface area (Å²) in [6.45, 7) is 7.92. The van der Waals surface area contributed by atoms with E-state index in [1.54, 1.807) is 11.8 Å². The SMILES string of the molecule is Cc1cccc(N2CCN(CCNC(=O)CSc3ccc(Br)cc3)CC2)c1. The molecule has 0 unspecified atom stereocenters. The molecule has 1 aliphatic rings. The Morgan fingerprint density at radius 2 is 1.85 bits per heavy atom. The van der Waals surface area contributed by atoms with Gasteiger partial charge in [0.25, 0.3) is 0 Å². The molecule has 1 aliphatic heterocycles. The number of amides is 1. The van der Waals surface area contributed by atoms with Gasteiger partial charge in [0.1, 0.15) is 0 Å². The number of aryl methyl sites for hydroxylation is 1. The van der Waals surface area contributed by atoms with E-state index in [2.05, 4.69) is 62.2 Å². The number of hydrogen-bond acceptors (Lipinski definition) is 4. The second-order valence-electron chi connectivity index (χ2n) is 6.76. The minimum atomic E-state index is 0.0984. The molecule has 0 aliphatic carbocycles. The zero-order valence-corrected chi connectivity index (χ0v) is 18.1. The highest BCUT2D eigenvalue weighted by molar-refractivity contribution is 9.10. The van der Waals surface area contributed by atoms with Crippen molar-refractivity contribution in [2.45, 2.75) is 11.8 Å². The molecule has 4 nitrogen and oxygen atoms in total. The summed E-state index contributed by atoms with van der Waals surface area (Å²) in [4.78, 5) is 18.0. The predicted molar refractivity (Wildman–Crippen MR) is 118 cm³/mol. The molecule has 1 N–H and O–H groups in total. The Kier molecular flexibility index (Phi) is 7.61. The largest absolute Gasteiger partial charge is 0.369 e. The van der Waals surface area contributed by atoms with Crippen molar-refractivity contribution in [2.75, 3.05) is 49.9 Å². The van der Waals surface area contributed by atoms with Crippen molar-refractivity contribution in [1.82, 2.24) is 10.2 Å². The maximum absolute atomic E-state index is 12.0. The van der Waals surface area contributed by atoms with Crippen molar-refractivity contribution < 1.29 is 4.79 Å². The number of nitrogens with one attached hydrogen (secondary N) is 1. The summed E-state index contributed by atoms with van der Waals surface area (Å²) in [5, 5.41) is 3.04. The predicted octanol–water partition coefficient (Wildman–Crippen LogP) is 3.79. The molecule has 6 heteroatoms. The van der Waals surface area contributed by atoms with Gasteiger partial charge in [0.2, 0.25) is 5.91 Å². The average Bonchev–Trinajstić information content (AvgIpc) is 2.68. The van der Waals surface area contributed by atoms with Gasteiger partial charge in [-0.1, -0.05) is 28.1 Å². The molecule has 1 saturated heterocycles. The van der Waals surface area contributed by atoms with Gasteiger partial charge in [0.05, 0.1) is 5.75 Å². The molecule has 0 saturated carbocycles. The van der Waals surface area contributed by atoms with E-state index in [1.807, 2.05) is 24.3 Å². The zero-order valence-electron chi connectivity index (χ0n) is 15.7. The lowest BCUT2D eigenvalue weighted by molar-refractivity contribution is -0.118. The van der Waals surface area contributed by atoms with Gasteiger partial charge < -0.3 is 10.2 Å². The molecule has 1 fully saturated rings. The molecule has 144 valence electrons. The van der Waals surface area contributed by atoms with Crippen molar-refractivity contribution in [1.29, 1.82) is 0 Å². The van der Waals surface area contributed by atoms with Crippen molar-refractivity contribution in [3.8, 4) is 0 Å². The Bertz CT molecular complexity index is 745. The standard InChI is InChI=1S/C21H26BrN3OS/c1-17-3-2-4-19(15-17)25-13-11-24(12-14-25)10-9-23-21(26)16-27-20-7-5-18(22)6-8-20/h2-8,15H,9-14,16H2,1H3,(H,23,26). The Hall–Kier alpha value is -1.50. The highest BCUT2D eigenvalue weighted by atomic mass is 79.9. The van der Waals surface area contributed by atoms with Gasteiger partial charge in [0.15, 0.2) is 0 Å². The number of rotatable bonds is 7. The molecule has 0 bridgehead atoms. The maximum atomic E-state index is 12.0. The number of hydrogen-bond donors (Lipinski definition) is 1. The van der Waals surface area contributed by atoms with Gasteiger partial charge in [0, 0.05) is 54.3 Å². The number of anilines is 1. The van der Waals surface area contributed by atoms with Gasteiger partial charge in [-0.05, 0) is 48.9 Å². The van der Waals surface area contributed by atoms with Crippen LogP contribution in [0.3, 0.4) is 0 Å². The first-order valence-corrected chi connectivity index (χ1v) is 11.1. The first kappa shape index (κ1) is 20.2. The number of thioether (sulfide) groups is 1. The number of benzene rings is 2. The molecular formula is C21H26BrN3OS. The lowest BCUT2D eigenvalue weighted by atomic mass is 10.2. The zero-order chi connectivity index (χ0) is 19.1. The van der Waals surface area contributed by atoms with Gasteiger partial charge >= 0.3 is 0 Å². The number of carbonyl (C=O) groups excluding carboxylic acids is 1. The molecule has 0 spiro atoms. The van der Waals surface area contributed by atoms with Crippen LogP contribution >= 0.6 is 27.7 Å². The van der Waals surface area contributed by atoms with E-state index >= 15 is 0 Å². The molecular weight excluding hydrogens is 422 g/mol. The Balaban J connectivity index is 1.32. The van der Waals surface area contributed by atoms with Crippen LogP contribution in [0.1, 0.15) is 5.56 Å². The summed E-state index contributed by atoms with van der Waals surface area (Å²) in [7, 11) is 0. The minimum absolute atomic E-state index is 0.0984. The normalized spacial score (nSPS) is 15.0. The minimum Gasteiger partial charge on any atom is -0.369 e. The molecule has 1 heterocycles. The topological polar surface area (TPSA) is 35.6 Å². The second kappa shape index (κ2) is 10.2. The van der Waals surface area contributed by atoms with Crippen molar-refractivity contribution >= 4 is 39.3 Å². The third-order valence-electron chi connectivity index (χ3n) is 4.67. The molecule has 0 aromatic heterocycles. The van der Waals surface area contributed by atoms with E-state index in [-0.39, 0.29) is 5.91 Å². The third kappa shape index (κ3) is 6.55. The third-order valence-corrected chi connectivity index (χ3v) is 6.21. The van der Waals surface area contributed by atoms with Crippen LogP contribution in [0.15, 0.2) is 57.9 Å². The maximum Gasteiger partial charge on any atom is 0.230 e. The number of piperazine rings is 1. The lowest BCUT2D eigenvalue weighted by Crippen LogP contribution is -2.48. The summed E-state index contributed by atoms with van der Waals surface area (Å²) in [6.07, 6.45) is 0. The fraction of sp³-hybridized carbons (Fsp3) is 0.381. The molecule has 0 atom stereocenters. The van der Waals surface area contributed by atoms with Gasteiger partial charge in [-0.25, -0.2) is 0 Å². The van der Waals surface area contributed by atoms with Crippen LogP contribution < -0.4 is 10.2 Å². The van der Waals surface area contributed by atoms with Crippen LogP contribution in [0, 0.1) is 6.92 Å². The lowest BCUT2D eigenvalue weighted by Gasteiger charge is -2.36. The smallest absolute Gasteiger partial charge is 0.230 e. The summed E-state index contributed by atoms with van der Waals surface area (Å²) in [5.41, 5.74) is 2.62. The van der Waals surface area contributed by atoms with E-state index in [1.165, 1.54) is 11.3 Å². The second-order valence-corrected chi connectivity index (χ2v) is 8.72. The van der Waals surface area contributed by atoms with Crippen molar-refractivity contribution in [3.05, 3.63) is 58.6 Å². The summed E-state index contributed by atoms with van der Waals surface area (Å²) in [6, 6.07) is 16.7. The molecule has 2 aromatic carbocycles. The van der Waals surface area contributed by atoms with Crippen LogP contribution in [0.5, 0.6) is 0 Å². The van der Waals surface area contributed by atoms with Gasteiger partial charge in [-0.15, -0.1) is 11.8 Å². The molecule has 0 radical (unpaired) electrons. The van der Waals surface area contributed by atoms with Crippen molar-refractivity contribution in [3.63, 3.8) is 0 Å². The molecule has 27 heavy (non-hydrogen) atoms. The Morgan fingerprint density at radius 3 is 2.56 bits per heavy atom.